The molecule has 0 bridgehead atoms. The second-order valence-corrected chi connectivity index (χ2v) is 6.57. The number of nitrogens with zero attached hydrogens (tertiary/aromatic N) is 1. The molecule has 130 valence electrons. The molecule has 5 rings (SSSR count). The lowest BCUT2D eigenvalue weighted by molar-refractivity contribution is 0.306. The van der Waals surface area contributed by atoms with E-state index in [1.54, 1.807) is 0 Å². The molecule has 2 heterocycles. The number of pyridine rings is 1. The second-order valence-electron chi connectivity index (χ2n) is 6.57. The molecule has 0 saturated heterocycles. The van der Waals surface area contributed by atoms with E-state index in [4.69, 9.17) is 9.72 Å². The van der Waals surface area contributed by atoms with Crippen LogP contribution < -0.4 is 4.74 Å². The molecule has 0 spiro atoms. The Morgan fingerprint density at radius 3 is 2.59 bits per heavy atom. The number of nitrogens with one attached hydrogen (secondary N) is 1. The number of para-hydroxylation sites is 1. The number of H-pyrrole nitrogens is 1. The average molecular weight is 350 g/mol. The van der Waals surface area contributed by atoms with Gasteiger partial charge < -0.3 is 9.72 Å². The van der Waals surface area contributed by atoms with E-state index in [0.29, 0.717) is 6.61 Å². The molecule has 0 amide bonds. The fourth-order valence-corrected chi connectivity index (χ4v) is 3.36. The molecule has 0 saturated carbocycles. The Balaban J connectivity index is 1.46. The lowest BCUT2D eigenvalue weighted by Crippen LogP contribution is -1.94. The second kappa shape index (κ2) is 6.61. The third kappa shape index (κ3) is 3.04. The minimum absolute atomic E-state index is 0.562. The summed E-state index contributed by atoms with van der Waals surface area (Å²) in [5.41, 5.74) is 5.28. The van der Waals surface area contributed by atoms with Crippen LogP contribution in [0.5, 0.6) is 5.75 Å². The Morgan fingerprint density at radius 2 is 1.67 bits per heavy atom. The molecule has 0 atom stereocenters. The van der Waals surface area contributed by atoms with Crippen molar-refractivity contribution in [1.29, 1.82) is 0 Å². The van der Waals surface area contributed by atoms with Gasteiger partial charge in [0.2, 0.25) is 0 Å². The molecule has 2 aromatic heterocycles. The molecule has 1 N–H and O–H groups in total. The van der Waals surface area contributed by atoms with Crippen molar-refractivity contribution in [3.63, 3.8) is 0 Å². The van der Waals surface area contributed by atoms with Gasteiger partial charge in [-0.05, 0) is 29.8 Å². The monoisotopic (exact) mass is 350 g/mol. The molecule has 3 aromatic carbocycles. The maximum Gasteiger partial charge on any atom is 0.121 e. The molecular formula is C24H18N2O. The van der Waals surface area contributed by atoms with Crippen molar-refractivity contribution in [1.82, 2.24) is 9.97 Å². The van der Waals surface area contributed by atoms with Crippen LogP contribution in [0.4, 0.5) is 0 Å². The fraction of sp³-hybridized carbons (Fsp3) is 0.0417. The molecular weight excluding hydrogens is 332 g/mol. The van der Waals surface area contributed by atoms with Crippen molar-refractivity contribution in [2.45, 2.75) is 6.61 Å². The summed E-state index contributed by atoms with van der Waals surface area (Å²) in [5.74, 6) is 0.853. The highest BCUT2D eigenvalue weighted by molar-refractivity contribution is 5.96. The van der Waals surface area contributed by atoms with Crippen LogP contribution >= 0.6 is 0 Å². The maximum absolute atomic E-state index is 5.94. The van der Waals surface area contributed by atoms with Gasteiger partial charge in [0.1, 0.15) is 12.4 Å². The van der Waals surface area contributed by atoms with Crippen molar-refractivity contribution < 1.29 is 4.74 Å². The quantitative estimate of drug-likeness (QED) is 0.434. The SMILES string of the molecule is c1ccc(COc2ccc3c(-c4ccc5ccccc5n4)c[nH]c3c2)cc1. The average Bonchev–Trinajstić information content (AvgIpc) is 3.16. The first-order valence-corrected chi connectivity index (χ1v) is 9.01. The predicted molar refractivity (Wildman–Crippen MR) is 110 cm³/mol. The van der Waals surface area contributed by atoms with Gasteiger partial charge in [0.15, 0.2) is 0 Å². The molecule has 0 fully saturated rings. The topological polar surface area (TPSA) is 37.9 Å². The van der Waals surface area contributed by atoms with Crippen LogP contribution in [-0.4, -0.2) is 9.97 Å². The first kappa shape index (κ1) is 15.6. The number of benzene rings is 3. The number of fused-ring (bicyclic) bond motifs is 2. The fourth-order valence-electron chi connectivity index (χ4n) is 3.36. The summed E-state index contributed by atoms with van der Waals surface area (Å²) in [6.07, 6.45) is 2.02. The van der Waals surface area contributed by atoms with E-state index in [1.165, 1.54) is 0 Å². The van der Waals surface area contributed by atoms with Crippen molar-refractivity contribution >= 4 is 21.8 Å². The Bertz CT molecular complexity index is 1230. The van der Waals surface area contributed by atoms with Gasteiger partial charge in [0.05, 0.1) is 11.2 Å². The lowest BCUT2D eigenvalue weighted by atomic mass is 10.1. The smallest absolute Gasteiger partial charge is 0.121 e. The summed E-state index contributed by atoms with van der Waals surface area (Å²) in [7, 11) is 0. The molecule has 5 aromatic rings. The van der Waals surface area contributed by atoms with Gasteiger partial charge in [-0.25, -0.2) is 4.98 Å². The van der Waals surface area contributed by atoms with E-state index >= 15 is 0 Å². The van der Waals surface area contributed by atoms with Crippen LogP contribution in [0.1, 0.15) is 5.56 Å². The highest BCUT2D eigenvalue weighted by atomic mass is 16.5. The van der Waals surface area contributed by atoms with Gasteiger partial charge in [-0.1, -0.05) is 54.6 Å². The Hall–Kier alpha value is -3.59. The zero-order valence-corrected chi connectivity index (χ0v) is 14.7. The number of hydrogen-bond acceptors (Lipinski definition) is 2. The Labute approximate surface area is 157 Å². The molecule has 0 aliphatic rings. The van der Waals surface area contributed by atoms with E-state index in [1.807, 2.05) is 54.7 Å². The molecule has 3 heteroatoms. The summed E-state index contributed by atoms with van der Waals surface area (Å²) in [4.78, 5) is 8.17. The number of aromatic nitrogens is 2. The van der Waals surface area contributed by atoms with Gasteiger partial charge >= 0.3 is 0 Å². The predicted octanol–water partition coefficient (Wildman–Crippen LogP) is 5.96. The van der Waals surface area contributed by atoms with Crippen LogP contribution in [0, 0.1) is 0 Å². The molecule has 0 radical (unpaired) electrons. The lowest BCUT2D eigenvalue weighted by Gasteiger charge is -2.07. The highest BCUT2D eigenvalue weighted by Gasteiger charge is 2.09. The van der Waals surface area contributed by atoms with E-state index in [-0.39, 0.29) is 0 Å². The maximum atomic E-state index is 5.94. The van der Waals surface area contributed by atoms with Crippen LogP contribution in [0.3, 0.4) is 0 Å². The molecule has 27 heavy (non-hydrogen) atoms. The van der Waals surface area contributed by atoms with Gasteiger partial charge in [0, 0.05) is 34.1 Å². The van der Waals surface area contributed by atoms with E-state index in [9.17, 15) is 0 Å². The van der Waals surface area contributed by atoms with E-state index < -0.39 is 0 Å². The first-order valence-electron chi connectivity index (χ1n) is 9.01. The minimum atomic E-state index is 0.562. The summed E-state index contributed by atoms with van der Waals surface area (Å²) in [5, 5.41) is 2.29. The van der Waals surface area contributed by atoms with Gasteiger partial charge in [-0.15, -0.1) is 0 Å². The van der Waals surface area contributed by atoms with Crippen molar-refractivity contribution in [3.8, 4) is 17.0 Å². The van der Waals surface area contributed by atoms with Crippen molar-refractivity contribution in [3.05, 3.63) is 96.7 Å². The van der Waals surface area contributed by atoms with E-state index in [0.717, 1.165) is 44.4 Å². The van der Waals surface area contributed by atoms with Crippen LogP contribution in [0.2, 0.25) is 0 Å². The summed E-state index contributed by atoms with van der Waals surface area (Å²) >= 11 is 0. The van der Waals surface area contributed by atoms with Gasteiger partial charge in [-0.2, -0.15) is 0 Å². The van der Waals surface area contributed by atoms with Crippen LogP contribution in [0.25, 0.3) is 33.1 Å². The first-order chi connectivity index (χ1) is 13.4. The van der Waals surface area contributed by atoms with Gasteiger partial charge in [-0.3, -0.25) is 0 Å². The normalized spacial score (nSPS) is 11.1. The summed E-state index contributed by atoms with van der Waals surface area (Å²) < 4.78 is 5.94. The Morgan fingerprint density at radius 1 is 0.815 bits per heavy atom. The van der Waals surface area contributed by atoms with Crippen LogP contribution in [-0.2, 0) is 6.61 Å². The summed E-state index contributed by atoms with van der Waals surface area (Å²) in [6, 6.07) is 28.7. The number of ether oxygens (including phenoxy) is 1. The number of hydrogen-bond donors (Lipinski definition) is 1. The standard InChI is InChI=1S/C24H18N2O/c1-2-6-17(7-3-1)16-27-19-11-12-20-21(15-25-24(20)14-19)23-13-10-18-8-4-5-9-22(18)26-23/h1-15,25H,16H2. The highest BCUT2D eigenvalue weighted by Crippen LogP contribution is 2.31. The minimum Gasteiger partial charge on any atom is -0.489 e. The van der Waals surface area contributed by atoms with Crippen LogP contribution in [0.15, 0.2) is 91.1 Å². The zero-order chi connectivity index (χ0) is 18.1. The molecule has 0 unspecified atom stereocenters. The van der Waals surface area contributed by atoms with Crippen molar-refractivity contribution in [2.24, 2.45) is 0 Å². The molecule has 0 aliphatic carbocycles. The third-order valence-electron chi connectivity index (χ3n) is 4.78. The third-order valence-corrected chi connectivity index (χ3v) is 4.78. The largest absolute Gasteiger partial charge is 0.489 e. The summed E-state index contributed by atoms with van der Waals surface area (Å²) in [6.45, 7) is 0.562. The number of aromatic amines is 1. The number of rotatable bonds is 4. The van der Waals surface area contributed by atoms with Gasteiger partial charge in [0.25, 0.3) is 0 Å². The Kier molecular flexibility index (Phi) is 3.83. The molecule has 3 nitrogen and oxygen atoms in total. The van der Waals surface area contributed by atoms with E-state index in [2.05, 4.69) is 41.4 Å². The zero-order valence-electron chi connectivity index (χ0n) is 14.7. The molecule has 0 aliphatic heterocycles. The van der Waals surface area contributed by atoms with Crippen molar-refractivity contribution in [2.75, 3.05) is 0 Å².